The Hall–Kier alpha value is 0.450. The maximum absolute atomic E-state index is 5.57. The van der Waals surface area contributed by atoms with Crippen molar-refractivity contribution >= 4 is 39.0 Å². The zero-order valence-corrected chi connectivity index (χ0v) is 12.4. The molecular weight excluding hydrogens is 304 g/mol. The third kappa shape index (κ3) is 3.74. The molecule has 0 radical (unpaired) electrons. The van der Waals surface area contributed by atoms with Crippen LogP contribution in [0.25, 0.3) is 0 Å². The summed E-state index contributed by atoms with van der Waals surface area (Å²) in [5.74, 6) is 0. The van der Waals surface area contributed by atoms with Crippen LogP contribution in [0, 0.1) is 0 Å². The van der Waals surface area contributed by atoms with Gasteiger partial charge in [0.05, 0.1) is 8.00 Å². The Kier molecular flexibility index (Phi) is 5.16. The van der Waals surface area contributed by atoms with Gasteiger partial charge in [0.25, 0.3) is 0 Å². The lowest BCUT2D eigenvalue weighted by molar-refractivity contribution is 0.239. The van der Waals surface area contributed by atoms with E-state index in [-0.39, 0.29) is 0 Å². The van der Waals surface area contributed by atoms with Crippen molar-refractivity contribution in [2.24, 2.45) is 5.73 Å². The highest BCUT2D eigenvalue weighted by Gasteiger charge is 2.19. The van der Waals surface area contributed by atoms with Gasteiger partial charge in [-0.1, -0.05) is 0 Å². The molecule has 1 aliphatic rings. The van der Waals surface area contributed by atoms with Crippen LogP contribution in [0.2, 0.25) is 0 Å². The van der Waals surface area contributed by atoms with Gasteiger partial charge in [-0.15, -0.1) is 23.1 Å². The molecule has 1 aromatic heterocycles. The van der Waals surface area contributed by atoms with Gasteiger partial charge in [0, 0.05) is 18.3 Å². The van der Waals surface area contributed by atoms with Gasteiger partial charge in [-0.3, -0.25) is 0 Å². The first-order valence-electron chi connectivity index (χ1n) is 5.62. The number of nitrogens with two attached hydrogens (primary N) is 1. The predicted molar refractivity (Wildman–Crippen MR) is 76.4 cm³/mol. The van der Waals surface area contributed by atoms with Crippen LogP contribution < -0.4 is 5.73 Å². The van der Waals surface area contributed by atoms with Crippen molar-refractivity contribution in [1.29, 1.82) is 0 Å². The van der Waals surface area contributed by atoms with Gasteiger partial charge in [0.1, 0.15) is 0 Å². The summed E-state index contributed by atoms with van der Waals surface area (Å²) in [5, 5.41) is 0.791. The molecule has 2 heterocycles. The van der Waals surface area contributed by atoms with E-state index in [0.29, 0.717) is 0 Å². The maximum Gasteiger partial charge on any atom is 0.0710 e. The summed E-state index contributed by atoms with van der Waals surface area (Å²) in [6.07, 6.45) is 2.58. The molecule has 0 bridgehead atoms. The van der Waals surface area contributed by atoms with Crippen LogP contribution in [0.5, 0.6) is 0 Å². The molecule has 0 aromatic carbocycles. The van der Waals surface area contributed by atoms with Crippen LogP contribution in [0.15, 0.2) is 20.1 Å². The molecule has 2 N–H and O–H groups in total. The standard InChI is InChI=1S/C11H17BrN2S2/c12-10-1-2-11(16-10)15-9-3-6-14(7-4-9)8-5-13/h1-2,9H,3-8,13H2. The molecule has 16 heavy (non-hydrogen) atoms. The Labute approximate surface area is 114 Å². The van der Waals surface area contributed by atoms with E-state index in [0.717, 1.165) is 18.3 Å². The number of nitrogens with zero attached hydrogens (tertiary/aromatic N) is 1. The van der Waals surface area contributed by atoms with Crippen molar-refractivity contribution in [2.45, 2.75) is 22.3 Å². The average Bonchev–Trinajstić information content (AvgIpc) is 2.67. The van der Waals surface area contributed by atoms with E-state index in [9.17, 15) is 0 Å². The maximum atomic E-state index is 5.57. The van der Waals surface area contributed by atoms with Crippen molar-refractivity contribution in [3.05, 3.63) is 15.9 Å². The van der Waals surface area contributed by atoms with Crippen LogP contribution in [-0.4, -0.2) is 36.3 Å². The molecule has 0 amide bonds. The van der Waals surface area contributed by atoms with E-state index in [2.05, 4.69) is 33.0 Å². The average molecular weight is 321 g/mol. The van der Waals surface area contributed by atoms with Gasteiger partial charge < -0.3 is 10.6 Å². The number of halogens is 1. The normalized spacial score (nSPS) is 19.1. The van der Waals surface area contributed by atoms with E-state index >= 15 is 0 Å². The minimum atomic E-state index is 0.787. The number of thiophene rings is 1. The Morgan fingerprint density at radius 3 is 2.75 bits per heavy atom. The molecule has 1 aliphatic heterocycles. The van der Waals surface area contributed by atoms with Crippen LogP contribution >= 0.6 is 39.0 Å². The van der Waals surface area contributed by atoms with Gasteiger partial charge in [0.2, 0.25) is 0 Å². The summed E-state index contributed by atoms with van der Waals surface area (Å²) >= 11 is 7.38. The first kappa shape index (κ1) is 12.9. The molecule has 0 atom stereocenters. The number of hydrogen-bond donors (Lipinski definition) is 1. The minimum absolute atomic E-state index is 0.787. The molecule has 5 heteroatoms. The topological polar surface area (TPSA) is 29.3 Å². The SMILES string of the molecule is NCCN1CCC(Sc2ccc(Br)s2)CC1. The molecule has 0 aliphatic carbocycles. The first-order valence-corrected chi connectivity index (χ1v) is 8.11. The molecular formula is C11H17BrN2S2. The fraction of sp³-hybridized carbons (Fsp3) is 0.636. The highest BCUT2D eigenvalue weighted by atomic mass is 79.9. The van der Waals surface area contributed by atoms with Crippen molar-refractivity contribution in [1.82, 2.24) is 4.90 Å². The lowest BCUT2D eigenvalue weighted by atomic mass is 10.1. The van der Waals surface area contributed by atoms with E-state index in [1.54, 1.807) is 0 Å². The Balaban J connectivity index is 1.77. The second kappa shape index (κ2) is 6.40. The molecule has 1 aromatic rings. The summed E-state index contributed by atoms with van der Waals surface area (Å²) in [6, 6.07) is 4.35. The Morgan fingerprint density at radius 1 is 1.44 bits per heavy atom. The van der Waals surface area contributed by atoms with Crippen LogP contribution in [0.3, 0.4) is 0 Å². The molecule has 90 valence electrons. The smallest absolute Gasteiger partial charge is 0.0710 e. The molecule has 0 saturated carbocycles. The molecule has 2 rings (SSSR count). The summed E-state index contributed by atoms with van der Waals surface area (Å²) in [4.78, 5) is 2.47. The second-order valence-electron chi connectivity index (χ2n) is 4.01. The van der Waals surface area contributed by atoms with Crippen LogP contribution in [0.1, 0.15) is 12.8 Å². The quantitative estimate of drug-likeness (QED) is 0.924. The fourth-order valence-electron chi connectivity index (χ4n) is 1.96. The third-order valence-corrected chi connectivity index (χ3v) is 5.94. The van der Waals surface area contributed by atoms with Gasteiger partial charge in [-0.25, -0.2) is 0 Å². The number of rotatable bonds is 4. The second-order valence-corrected chi connectivity index (χ2v) is 8.07. The fourth-order valence-corrected chi connectivity index (χ4v) is 5.19. The lowest BCUT2D eigenvalue weighted by Gasteiger charge is -2.30. The van der Waals surface area contributed by atoms with E-state index in [1.807, 2.05) is 23.1 Å². The lowest BCUT2D eigenvalue weighted by Crippen LogP contribution is -2.37. The third-order valence-electron chi connectivity index (χ3n) is 2.81. The molecule has 2 nitrogen and oxygen atoms in total. The van der Waals surface area contributed by atoms with Crippen molar-refractivity contribution in [2.75, 3.05) is 26.2 Å². The highest BCUT2D eigenvalue weighted by molar-refractivity contribution is 9.11. The number of thioether (sulfide) groups is 1. The van der Waals surface area contributed by atoms with Crippen molar-refractivity contribution in [3.8, 4) is 0 Å². The number of likely N-dealkylation sites (tertiary alicyclic amines) is 1. The summed E-state index contributed by atoms with van der Waals surface area (Å²) in [7, 11) is 0. The highest BCUT2D eigenvalue weighted by Crippen LogP contribution is 2.36. The molecule has 1 saturated heterocycles. The minimum Gasteiger partial charge on any atom is -0.329 e. The zero-order valence-electron chi connectivity index (χ0n) is 9.19. The van der Waals surface area contributed by atoms with Crippen molar-refractivity contribution < 1.29 is 0 Å². The van der Waals surface area contributed by atoms with Crippen LogP contribution in [0.4, 0.5) is 0 Å². The van der Waals surface area contributed by atoms with Gasteiger partial charge in [-0.05, 0) is 54.0 Å². The predicted octanol–water partition coefficient (Wildman–Crippen LogP) is 3.03. The molecule has 0 spiro atoms. The van der Waals surface area contributed by atoms with Crippen molar-refractivity contribution in [3.63, 3.8) is 0 Å². The summed E-state index contributed by atoms with van der Waals surface area (Å²) in [6.45, 7) is 4.26. The zero-order chi connectivity index (χ0) is 11.4. The summed E-state index contributed by atoms with van der Waals surface area (Å²) in [5.41, 5.74) is 5.57. The first-order chi connectivity index (χ1) is 7.78. The van der Waals surface area contributed by atoms with E-state index in [1.165, 1.54) is 33.9 Å². The number of hydrogen-bond acceptors (Lipinski definition) is 4. The monoisotopic (exact) mass is 320 g/mol. The largest absolute Gasteiger partial charge is 0.329 e. The summed E-state index contributed by atoms with van der Waals surface area (Å²) < 4.78 is 2.67. The molecule has 1 fully saturated rings. The Morgan fingerprint density at radius 2 is 2.19 bits per heavy atom. The van der Waals surface area contributed by atoms with Gasteiger partial charge in [-0.2, -0.15) is 0 Å². The molecule has 0 unspecified atom stereocenters. The van der Waals surface area contributed by atoms with Crippen LogP contribution in [-0.2, 0) is 0 Å². The van der Waals surface area contributed by atoms with Gasteiger partial charge in [0.15, 0.2) is 0 Å². The van der Waals surface area contributed by atoms with Gasteiger partial charge >= 0.3 is 0 Å². The van der Waals surface area contributed by atoms with E-state index in [4.69, 9.17) is 5.73 Å². The Bertz CT molecular complexity index is 322. The number of piperidine rings is 1. The van der Waals surface area contributed by atoms with E-state index < -0.39 is 0 Å².